The van der Waals surface area contributed by atoms with Crippen molar-refractivity contribution in [1.82, 2.24) is 9.97 Å². The Balaban J connectivity index is 1.77. The first-order valence-corrected chi connectivity index (χ1v) is 9.28. The molecule has 7 heteroatoms. The zero-order chi connectivity index (χ0) is 20.8. The number of benzene rings is 1. The van der Waals surface area contributed by atoms with E-state index in [0.717, 1.165) is 18.6 Å². The topological polar surface area (TPSA) is 54.9 Å². The van der Waals surface area contributed by atoms with E-state index in [0.29, 0.717) is 29.2 Å². The highest BCUT2D eigenvalue weighted by Gasteiger charge is 2.15. The molecule has 1 aromatic carbocycles. The highest BCUT2D eigenvalue weighted by Crippen LogP contribution is 2.23. The van der Waals surface area contributed by atoms with Gasteiger partial charge in [0.15, 0.2) is 17.5 Å². The summed E-state index contributed by atoms with van der Waals surface area (Å²) in [4.78, 5) is 21.3. The van der Waals surface area contributed by atoms with Crippen molar-refractivity contribution in [3.63, 3.8) is 0 Å². The van der Waals surface area contributed by atoms with Crippen molar-refractivity contribution < 1.29 is 18.0 Å². The van der Waals surface area contributed by atoms with Crippen LogP contribution in [-0.4, -0.2) is 15.9 Å². The molecule has 0 radical (unpaired) electrons. The Hall–Kier alpha value is -3.22. The predicted octanol–water partition coefficient (Wildman–Crippen LogP) is 4.95. The number of hydrogen-bond acceptors (Lipinski definition) is 3. The van der Waals surface area contributed by atoms with Crippen molar-refractivity contribution in [1.29, 1.82) is 0 Å². The first-order valence-electron chi connectivity index (χ1n) is 9.28. The van der Waals surface area contributed by atoms with Crippen LogP contribution in [0.4, 0.5) is 19.0 Å². The molecule has 3 rings (SSSR count). The molecule has 29 heavy (non-hydrogen) atoms. The molecule has 4 nitrogen and oxygen atoms in total. The largest absolute Gasteiger partial charge is 0.309 e. The molecule has 2 aromatic rings. The number of nitrogens with one attached hydrogen (secondary N) is 1. The van der Waals surface area contributed by atoms with Gasteiger partial charge in [-0.2, -0.15) is 0 Å². The number of anilines is 1. The van der Waals surface area contributed by atoms with Crippen LogP contribution in [0, 0.1) is 11.6 Å². The maximum absolute atomic E-state index is 13.4. The summed E-state index contributed by atoms with van der Waals surface area (Å²) in [7, 11) is 0. The number of carbonyl (C=O) groups is 1. The lowest BCUT2D eigenvalue weighted by Gasteiger charge is -2.13. The minimum Gasteiger partial charge on any atom is -0.309 e. The normalized spacial score (nSPS) is 15.7. The fourth-order valence-corrected chi connectivity index (χ4v) is 2.91. The summed E-state index contributed by atoms with van der Waals surface area (Å²) in [5.74, 6) is -2.61. The Morgan fingerprint density at radius 2 is 2.00 bits per heavy atom. The van der Waals surface area contributed by atoms with Gasteiger partial charge in [-0.05, 0) is 36.3 Å². The van der Waals surface area contributed by atoms with Crippen molar-refractivity contribution >= 4 is 11.7 Å². The second-order valence-electron chi connectivity index (χ2n) is 6.63. The van der Waals surface area contributed by atoms with Crippen LogP contribution in [0.15, 0.2) is 60.6 Å². The molecule has 0 bridgehead atoms. The molecular formula is C22H20F3N3O. The second-order valence-corrected chi connectivity index (χ2v) is 6.63. The SMILES string of the molecule is CCCc1nc(C2C=CC=C(F)C=C2)cnc1NC(=O)Cc1ccc(F)c(F)c1. The molecule has 1 aromatic heterocycles. The van der Waals surface area contributed by atoms with Crippen molar-refractivity contribution in [3.8, 4) is 0 Å². The zero-order valence-electron chi connectivity index (χ0n) is 15.8. The minimum atomic E-state index is -0.999. The Labute approximate surface area is 166 Å². The van der Waals surface area contributed by atoms with Gasteiger partial charge < -0.3 is 5.32 Å². The number of allylic oxidation sites excluding steroid dienone is 6. The fourth-order valence-electron chi connectivity index (χ4n) is 2.91. The van der Waals surface area contributed by atoms with E-state index in [1.165, 1.54) is 24.4 Å². The summed E-state index contributed by atoms with van der Waals surface area (Å²) in [6.07, 6.45) is 10.7. The Morgan fingerprint density at radius 3 is 2.76 bits per heavy atom. The van der Waals surface area contributed by atoms with Crippen molar-refractivity contribution in [2.75, 3.05) is 5.32 Å². The third-order valence-electron chi connectivity index (χ3n) is 4.33. The number of amides is 1. The van der Waals surface area contributed by atoms with Crippen LogP contribution in [-0.2, 0) is 17.6 Å². The third kappa shape index (κ3) is 5.40. The molecule has 0 aliphatic heterocycles. The van der Waals surface area contributed by atoms with E-state index in [9.17, 15) is 18.0 Å². The first-order chi connectivity index (χ1) is 14.0. The molecule has 0 saturated heterocycles. The molecular weight excluding hydrogens is 379 g/mol. The monoisotopic (exact) mass is 399 g/mol. The van der Waals surface area contributed by atoms with Gasteiger partial charge in [-0.15, -0.1) is 0 Å². The summed E-state index contributed by atoms with van der Waals surface area (Å²) in [6.45, 7) is 1.98. The lowest BCUT2D eigenvalue weighted by molar-refractivity contribution is -0.115. The van der Waals surface area contributed by atoms with Crippen LogP contribution in [0.3, 0.4) is 0 Å². The maximum atomic E-state index is 13.4. The van der Waals surface area contributed by atoms with Gasteiger partial charge in [0.05, 0.1) is 24.0 Å². The van der Waals surface area contributed by atoms with E-state index in [1.807, 2.05) is 13.0 Å². The average molecular weight is 399 g/mol. The highest BCUT2D eigenvalue weighted by molar-refractivity contribution is 5.91. The minimum absolute atomic E-state index is 0.120. The molecule has 1 unspecified atom stereocenters. The summed E-state index contributed by atoms with van der Waals surface area (Å²) in [5, 5.41) is 2.69. The third-order valence-corrected chi connectivity index (χ3v) is 4.33. The quantitative estimate of drug-likeness (QED) is 0.748. The molecule has 1 aliphatic carbocycles. The fraction of sp³-hybridized carbons (Fsp3) is 0.227. The Morgan fingerprint density at radius 1 is 1.17 bits per heavy atom. The molecule has 1 amide bonds. The summed E-state index contributed by atoms with van der Waals surface area (Å²) in [6, 6.07) is 3.34. The van der Waals surface area contributed by atoms with Gasteiger partial charge in [0.1, 0.15) is 5.83 Å². The predicted molar refractivity (Wildman–Crippen MR) is 105 cm³/mol. The van der Waals surface area contributed by atoms with Crippen LogP contribution in [0.5, 0.6) is 0 Å². The van der Waals surface area contributed by atoms with E-state index in [4.69, 9.17) is 0 Å². The molecule has 150 valence electrons. The maximum Gasteiger partial charge on any atom is 0.229 e. The Kier molecular flexibility index (Phi) is 6.59. The van der Waals surface area contributed by atoms with Gasteiger partial charge >= 0.3 is 0 Å². The Bertz CT molecular complexity index is 999. The van der Waals surface area contributed by atoms with Crippen LogP contribution in [0.1, 0.15) is 36.2 Å². The molecule has 1 aliphatic rings. The number of rotatable bonds is 6. The lowest BCUT2D eigenvalue weighted by atomic mass is 10.0. The van der Waals surface area contributed by atoms with Crippen LogP contribution >= 0.6 is 0 Å². The summed E-state index contributed by atoms with van der Waals surface area (Å²) < 4.78 is 39.7. The number of hydrogen-bond donors (Lipinski definition) is 1. The molecule has 1 heterocycles. The van der Waals surface area contributed by atoms with E-state index in [1.54, 1.807) is 12.2 Å². The van der Waals surface area contributed by atoms with E-state index in [2.05, 4.69) is 15.3 Å². The number of nitrogens with zero attached hydrogens (tertiary/aromatic N) is 2. The number of aromatic nitrogens is 2. The molecule has 0 saturated carbocycles. The van der Waals surface area contributed by atoms with Crippen LogP contribution in [0.2, 0.25) is 0 Å². The van der Waals surface area contributed by atoms with E-state index >= 15 is 0 Å². The molecule has 1 atom stereocenters. The number of halogens is 3. The van der Waals surface area contributed by atoms with Crippen molar-refractivity contribution in [3.05, 3.63) is 89.2 Å². The zero-order valence-corrected chi connectivity index (χ0v) is 15.8. The average Bonchev–Trinajstić information content (AvgIpc) is 2.91. The highest BCUT2D eigenvalue weighted by atomic mass is 19.2. The van der Waals surface area contributed by atoms with Crippen LogP contribution < -0.4 is 5.32 Å². The number of carbonyl (C=O) groups excluding carboxylic acids is 1. The van der Waals surface area contributed by atoms with Gasteiger partial charge in [-0.3, -0.25) is 9.78 Å². The van der Waals surface area contributed by atoms with E-state index in [-0.39, 0.29) is 18.2 Å². The first kappa shape index (κ1) is 20.5. The van der Waals surface area contributed by atoms with Gasteiger partial charge in [0, 0.05) is 5.92 Å². The lowest BCUT2D eigenvalue weighted by Crippen LogP contribution is -2.18. The molecule has 0 spiro atoms. The van der Waals surface area contributed by atoms with E-state index < -0.39 is 17.5 Å². The second kappa shape index (κ2) is 9.32. The summed E-state index contributed by atoms with van der Waals surface area (Å²) in [5.41, 5.74) is 1.61. The summed E-state index contributed by atoms with van der Waals surface area (Å²) >= 11 is 0. The van der Waals surface area contributed by atoms with Gasteiger partial charge in [-0.25, -0.2) is 18.2 Å². The van der Waals surface area contributed by atoms with Gasteiger partial charge in [0.2, 0.25) is 5.91 Å². The standard InChI is InChI=1S/C22H20F3N3O/c1-2-4-19-22(28-21(29)12-14-7-10-17(24)18(25)11-14)26-13-20(27-19)15-5-3-6-16(23)9-8-15/h3,5-11,13,15H,2,4,12H2,1H3,(H,26,28,29). The van der Waals surface area contributed by atoms with Crippen LogP contribution in [0.25, 0.3) is 0 Å². The van der Waals surface area contributed by atoms with Gasteiger partial charge in [0.25, 0.3) is 0 Å². The van der Waals surface area contributed by atoms with Gasteiger partial charge in [-0.1, -0.05) is 37.6 Å². The number of aryl methyl sites for hydroxylation is 1. The molecule has 1 N–H and O–H groups in total. The molecule has 0 fully saturated rings. The van der Waals surface area contributed by atoms with Crippen molar-refractivity contribution in [2.24, 2.45) is 0 Å². The smallest absolute Gasteiger partial charge is 0.229 e. The van der Waals surface area contributed by atoms with Crippen molar-refractivity contribution in [2.45, 2.75) is 32.1 Å².